The highest BCUT2D eigenvalue weighted by Gasteiger charge is 2.68. The van der Waals surface area contributed by atoms with Crippen molar-refractivity contribution in [3.8, 4) is 0 Å². The van der Waals surface area contributed by atoms with Crippen LogP contribution in [-0.4, -0.2) is 115 Å². The van der Waals surface area contributed by atoms with E-state index in [1.165, 1.54) is 0 Å². The zero-order valence-electron chi connectivity index (χ0n) is 30.4. The predicted octanol–water partition coefficient (Wildman–Crippen LogP) is 4.06. The minimum atomic E-state index is -0.765. The van der Waals surface area contributed by atoms with Gasteiger partial charge in [-0.3, -0.25) is 4.79 Å². The first-order chi connectivity index (χ1) is 24.6. The summed E-state index contributed by atoms with van der Waals surface area (Å²) >= 11 is 0. The Labute approximate surface area is 302 Å². The summed E-state index contributed by atoms with van der Waals surface area (Å²) in [4.78, 5) is 14.0. The average Bonchev–Trinajstić information content (AvgIpc) is 3.77. The van der Waals surface area contributed by atoms with Gasteiger partial charge in [-0.15, -0.1) is 0 Å². The summed E-state index contributed by atoms with van der Waals surface area (Å²) in [6.45, 7) is 13.5. The molecule has 0 aromatic carbocycles. The first-order valence-corrected chi connectivity index (χ1v) is 20.1. The first kappa shape index (κ1) is 35.5. The van der Waals surface area contributed by atoms with Crippen molar-refractivity contribution >= 4 is 5.78 Å². The molecule has 10 fully saturated rings. The van der Waals surface area contributed by atoms with Gasteiger partial charge in [-0.25, -0.2) is 0 Å². The first-order valence-electron chi connectivity index (χ1n) is 20.1. The number of carbonyl (C=O) groups excluding carboxylic acids is 1. The molecule has 0 saturated carbocycles. The van der Waals surface area contributed by atoms with Crippen LogP contribution in [0.2, 0.25) is 0 Å². The summed E-state index contributed by atoms with van der Waals surface area (Å²) in [7, 11) is 0. The summed E-state index contributed by atoms with van der Waals surface area (Å²) in [5.74, 6) is -0.222. The number of hydrogen-bond donors (Lipinski definition) is 2. The van der Waals surface area contributed by atoms with Crippen LogP contribution in [0.1, 0.15) is 97.3 Å². The van der Waals surface area contributed by atoms with Crippen molar-refractivity contribution in [3.63, 3.8) is 0 Å². The van der Waals surface area contributed by atoms with Crippen molar-refractivity contribution in [1.29, 1.82) is 0 Å². The number of carbonyl (C=O) groups is 1. The molecule has 0 aliphatic carbocycles. The molecule has 19 atom stereocenters. The largest absolute Gasteiger partial charge is 0.392 e. The minimum absolute atomic E-state index is 0.00127. The highest BCUT2D eigenvalue weighted by molar-refractivity contribution is 5.79. The number of ether oxygens (including phenoxy) is 8. The second-order valence-electron chi connectivity index (χ2n) is 17.6. The number of aliphatic hydroxyl groups is 1. The van der Waals surface area contributed by atoms with Gasteiger partial charge < -0.3 is 48.7 Å². The van der Waals surface area contributed by atoms with Crippen LogP contribution in [0.15, 0.2) is 24.3 Å². The van der Waals surface area contributed by atoms with Crippen LogP contribution >= 0.6 is 0 Å². The summed E-state index contributed by atoms with van der Waals surface area (Å²) < 4.78 is 54.0. The van der Waals surface area contributed by atoms with Crippen molar-refractivity contribution in [1.82, 2.24) is 0 Å². The molecule has 4 unspecified atom stereocenters. The molecule has 10 aliphatic heterocycles. The number of nitrogens with two attached hydrogens (primary N) is 1. The normalized spacial score (nSPS) is 53.2. The Balaban J connectivity index is 0.986. The lowest BCUT2D eigenvalue weighted by atomic mass is 9.78. The molecule has 51 heavy (non-hydrogen) atoms. The minimum Gasteiger partial charge on any atom is -0.392 e. The highest BCUT2D eigenvalue weighted by Crippen LogP contribution is 2.54. The van der Waals surface area contributed by atoms with Gasteiger partial charge in [0.05, 0.1) is 61.0 Å². The molecular formula is C40H59NO10. The van der Waals surface area contributed by atoms with Crippen LogP contribution < -0.4 is 5.73 Å². The number of Topliss-reactive ketones (excluding diaryl/α,β-unsaturated/α-hetero) is 1. The average molecular weight is 714 g/mol. The number of fused-ring (bicyclic) bond motifs is 6. The second kappa shape index (κ2) is 13.8. The van der Waals surface area contributed by atoms with Crippen molar-refractivity contribution in [2.45, 2.75) is 195 Å². The molecule has 1 spiro atoms. The van der Waals surface area contributed by atoms with Gasteiger partial charge in [0.2, 0.25) is 0 Å². The van der Waals surface area contributed by atoms with E-state index in [0.717, 1.165) is 56.1 Å². The number of aliphatic hydroxyl groups excluding tert-OH is 1. The zero-order chi connectivity index (χ0) is 35.2. The SMILES string of the molecule is C=C1C[C@@H]2CCC34C[C@H]5O[C@H]6[C@@H](O3)[C@H]3OC(CC[C@@H]3O[C@H]6[C@H]5O4)CC(=O)C[C@@H]3[C@@H](C)[C@@H](C[C@H](O)CN)O[C@H]3CC3O[C@@H](CCC1O2)C[C@@H](C)C3=C. The summed E-state index contributed by atoms with van der Waals surface area (Å²) in [6.07, 6.45) is 6.43. The zero-order valence-corrected chi connectivity index (χ0v) is 30.4. The Kier molecular flexibility index (Phi) is 9.59. The van der Waals surface area contributed by atoms with E-state index < -0.39 is 11.9 Å². The van der Waals surface area contributed by atoms with Crippen molar-refractivity contribution in [2.24, 2.45) is 23.5 Å². The van der Waals surface area contributed by atoms with Crippen LogP contribution in [0, 0.1) is 17.8 Å². The maximum atomic E-state index is 14.0. The topological polar surface area (TPSA) is 137 Å². The fraction of sp³-hybridized carbons (Fsp3) is 0.875. The van der Waals surface area contributed by atoms with Crippen LogP contribution in [0.3, 0.4) is 0 Å². The van der Waals surface area contributed by atoms with Crippen molar-refractivity contribution in [2.75, 3.05) is 6.54 Å². The van der Waals surface area contributed by atoms with Gasteiger partial charge in [0.15, 0.2) is 5.79 Å². The molecule has 12 bridgehead atoms. The monoisotopic (exact) mass is 713 g/mol. The van der Waals surface area contributed by atoms with Crippen molar-refractivity contribution < 1.29 is 47.8 Å². The van der Waals surface area contributed by atoms with Gasteiger partial charge in [-0.05, 0) is 73.8 Å². The number of hydrogen-bond acceptors (Lipinski definition) is 11. The Hall–Kier alpha value is -1.25. The van der Waals surface area contributed by atoms with Crippen LogP contribution in [-0.2, 0) is 42.7 Å². The Morgan fingerprint density at radius 1 is 0.765 bits per heavy atom. The molecule has 10 rings (SSSR count). The molecule has 10 aliphatic rings. The van der Waals surface area contributed by atoms with E-state index in [4.69, 9.17) is 43.6 Å². The Morgan fingerprint density at radius 3 is 2.35 bits per heavy atom. The van der Waals surface area contributed by atoms with Gasteiger partial charge in [0.1, 0.15) is 36.3 Å². The molecule has 0 aromatic rings. The Morgan fingerprint density at radius 2 is 1.51 bits per heavy atom. The van der Waals surface area contributed by atoms with Crippen LogP contribution in [0.5, 0.6) is 0 Å². The molecule has 3 N–H and O–H groups in total. The standard InChI is InChI=1S/C40H59NO10/c1-19-11-25-5-7-29-20(2)12-27(44-29)9-10-40-17-34-36(50-40)37-38(49-34)39(51-40)35-30(48-37)8-6-26(46-35)13-23(42)14-28-22(4)31(15-24(43)18-41)47-33(28)16-32(45-25)21(19)3/h19,22,24-39,43H,2-3,5-18,41H2,1,4H3/t19-,22-,24+,25+,26?,27+,28-,29?,30+,31-,32?,33+,34-,35+,36+,37+,38-,39+,40?/m1/s1. The molecular weight excluding hydrogens is 654 g/mol. The van der Waals surface area contributed by atoms with E-state index in [-0.39, 0.29) is 110 Å². The fourth-order valence-electron chi connectivity index (χ4n) is 11.3. The smallest absolute Gasteiger partial charge is 0.172 e. The number of rotatable bonds is 3. The van der Waals surface area contributed by atoms with Gasteiger partial charge in [-0.1, -0.05) is 27.0 Å². The molecule has 11 nitrogen and oxygen atoms in total. The predicted molar refractivity (Wildman–Crippen MR) is 185 cm³/mol. The second-order valence-corrected chi connectivity index (χ2v) is 17.6. The summed E-state index contributed by atoms with van der Waals surface area (Å²) in [5.41, 5.74) is 8.06. The van der Waals surface area contributed by atoms with Crippen LogP contribution in [0.4, 0.5) is 0 Å². The van der Waals surface area contributed by atoms with E-state index in [1.807, 2.05) is 0 Å². The maximum absolute atomic E-state index is 14.0. The third-order valence-corrected chi connectivity index (χ3v) is 14.2. The number of ketones is 1. The van der Waals surface area contributed by atoms with Gasteiger partial charge in [0.25, 0.3) is 0 Å². The van der Waals surface area contributed by atoms with Crippen molar-refractivity contribution in [3.05, 3.63) is 24.3 Å². The fourth-order valence-corrected chi connectivity index (χ4v) is 11.3. The van der Waals surface area contributed by atoms with E-state index in [2.05, 4.69) is 27.0 Å². The Bertz CT molecular complexity index is 1360. The lowest BCUT2D eigenvalue weighted by Crippen LogP contribution is -2.61. The highest BCUT2D eigenvalue weighted by atomic mass is 16.8. The van der Waals surface area contributed by atoms with Gasteiger partial charge in [0, 0.05) is 45.1 Å². The molecule has 0 amide bonds. The molecule has 0 aromatic heterocycles. The molecule has 11 heteroatoms. The van der Waals surface area contributed by atoms with E-state index in [9.17, 15) is 9.90 Å². The maximum Gasteiger partial charge on any atom is 0.172 e. The summed E-state index contributed by atoms with van der Waals surface area (Å²) in [6, 6.07) is 0. The molecule has 0 radical (unpaired) electrons. The molecule has 10 heterocycles. The van der Waals surface area contributed by atoms with Gasteiger partial charge in [-0.2, -0.15) is 0 Å². The summed E-state index contributed by atoms with van der Waals surface area (Å²) in [5, 5.41) is 10.5. The lowest BCUT2D eigenvalue weighted by Gasteiger charge is -2.47. The van der Waals surface area contributed by atoms with E-state index in [1.54, 1.807) is 0 Å². The van der Waals surface area contributed by atoms with E-state index in [0.29, 0.717) is 44.4 Å². The third kappa shape index (κ3) is 6.53. The molecule has 284 valence electrons. The van der Waals surface area contributed by atoms with Gasteiger partial charge >= 0.3 is 0 Å². The lowest BCUT2D eigenvalue weighted by molar-refractivity contribution is -0.292. The van der Waals surface area contributed by atoms with Crippen LogP contribution in [0.25, 0.3) is 0 Å². The molecule has 10 saturated heterocycles. The van der Waals surface area contributed by atoms with E-state index >= 15 is 0 Å². The third-order valence-electron chi connectivity index (χ3n) is 14.2. The quantitative estimate of drug-likeness (QED) is 0.410.